The fourth-order valence-corrected chi connectivity index (χ4v) is 2.84. The van der Waals surface area contributed by atoms with E-state index in [9.17, 15) is 13.6 Å². The summed E-state index contributed by atoms with van der Waals surface area (Å²) in [5.74, 6) is -0.807. The molecule has 2 rings (SSSR count). The summed E-state index contributed by atoms with van der Waals surface area (Å²) < 4.78 is 27.4. The summed E-state index contributed by atoms with van der Waals surface area (Å²) in [6.45, 7) is 4.23. The van der Waals surface area contributed by atoms with E-state index in [0.717, 1.165) is 5.56 Å². The summed E-state index contributed by atoms with van der Waals surface area (Å²) in [5, 5.41) is 4.45. The van der Waals surface area contributed by atoms with Crippen LogP contribution in [-0.4, -0.2) is 12.5 Å². The van der Waals surface area contributed by atoms with Gasteiger partial charge in [0.2, 0.25) is 0 Å². The average molecular weight is 398 g/mol. The number of halogens is 3. The topological polar surface area (TPSA) is 45.7 Å². The van der Waals surface area contributed by atoms with E-state index in [4.69, 9.17) is 0 Å². The Labute approximate surface area is 148 Å². The van der Waals surface area contributed by atoms with Gasteiger partial charge in [-0.3, -0.25) is 4.79 Å². The van der Waals surface area contributed by atoms with E-state index in [-0.39, 0.29) is 35.9 Å². The lowest BCUT2D eigenvalue weighted by atomic mass is 9.96. The molecule has 6 heteroatoms. The minimum absolute atomic E-state index is 0.0196. The predicted octanol–water partition coefficient (Wildman–Crippen LogP) is 3.63. The SMILES string of the molecule is CC(C)[C@@H]([NH2+]CC(=O)Nc1ccc(Br)cc1F)c1ccc(F)cc1. The first-order chi connectivity index (χ1) is 11.4. The fourth-order valence-electron chi connectivity index (χ4n) is 2.50. The van der Waals surface area contributed by atoms with Crippen LogP contribution in [0.4, 0.5) is 14.5 Å². The van der Waals surface area contributed by atoms with Crippen molar-refractivity contribution in [3.05, 3.63) is 64.1 Å². The van der Waals surface area contributed by atoms with E-state index in [1.165, 1.54) is 24.3 Å². The lowest BCUT2D eigenvalue weighted by molar-refractivity contribution is -0.692. The standard InChI is InChI=1S/C18H19BrF2N2O/c1-11(2)18(12-3-6-14(20)7-4-12)22-10-17(24)23-16-8-5-13(19)9-15(16)21/h3-9,11,18,22H,10H2,1-2H3,(H,23,24)/p+1/t18-/m1/s1. The van der Waals surface area contributed by atoms with E-state index in [2.05, 4.69) is 21.2 Å². The van der Waals surface area contributed by atoms with E-state index < -0.39 is 5.82 Å². The Morgan fingerprint density at radius 3 is 2.42 bits per heavy atom. The van der Waals surface area contributed by atoms with Gasteiger partial charge >= 0.3 is 0 Å². The van der Waals surface area contributed by atoms with Crippen LogP contribution in [0.5, 0.6) is 0 Å². The van der Waals surface area contributed by atoms with Crippen LogP contribution in [0.1, 0.15) is 25.5 Å². The molecule has 0 saturated heterocycles. The maximum atomic E-state index is 13.8. The number of carbonyl (C=O) groups excluding carboxylic acids is 1. The average Bonchev–Trinajstić information content (AvgIpc) is 2.52. The molecule has 0 bridgehead atoms. The number of amides is 1. The zero-order valence-electron chi connectivity index (χ0n) is 13.5. The van der Waals surface area contributed by atoms with Gasteiger partial charge in [0.1, 0.15) is 17.7 Å². The van der Waals surface area contributed by atoms with Crippen LogP contribution in [-0.2, 0) is 4.79 Å². The molecule has 0 heterocycles. The van der Waals surface area contributed by atoms with Gasteiger partial charge in [0.05, 0.1) is 5.69 Å². The van der Waals surface area contributed by atoms with Crippen LogP contribution in [0, 0.1) is 17.6 Å². The summed E-state index contributed by atoms with van der Waals surface area (Å²) >= 11 is 3.17. The Morgan fingerprint density at radius 1 is 1.17 bits per heavy atom. The smallest absolute Gasteiger partial charge is 0.279 e. The van der Waals surface area contributed by atoms with Gasteiger partial charge in [0.25, 0.3) is 5.91 Å². The van der Waals surface area contributed by atoms with Gasteiger partial charge in [0.15, 0.2) is 6.54 Å². The van der Waals surface area contributed by atoms with Crippen LogP contribution in [0.2, 0.25) is 0 Å². The van der Waals surface area contributed by atoms with Gasteiger partial charge in [-0.05, 0) is 30.3 Å². The minimum Gasteiger partial charge on any atom is -0.332 e. The highest BCUT2D eigenvalue weighted by molar-refractivity contribution is 9.10. The third-order valence-electron chi connectivity index (χ3n) is 3.74. The van der Waals surface area contributed by atoms with Crippen molar-refractivity contribution in [2.75, 3.05) is 11.9 Å². The Bertz CT molecular complexity index is 705. The molecular formula is C18H20BrF2N2O+. The minimum atomic E-state index is -0.489. The maximum Gasteiger partial charge on any atom is 0.279 e. The molecule has 0 unspecified atom stereocenters. The second kappa shape index (κ2) is 8.35. The molecule has 128 valence electrons. The third kappa shape index (κ3) is 5.11. The van der Waals surface area contributed by atoms with Gasteiger partial charge in [0, 0.05) is 16.0 Å². The lowest BCUT2D eigenvalue weighted by Crippen LogP contribution is -2.88. The fraction of sp³-hybridized carbons (Fsp3) is 0.278. The van der Waals surface area contributed by atoms with Crippen molar-refractivity contribution in [2.24, 2.45) is 5.92 Å². The summed E-state index contributed by atoms with van der Waals surface area (Å²) in [5.41, 5.74) is 1.11. The van der Waals surface area contributed by atoms with Crippen molar-refractivity contribution in [1.82, 2.24) is 0 Å². The molecule has 0 fully saturated rings. The number of rotatable bonds is 6. The van der Waals surface area contributed by atoms with Gasteiger partial charge in [-0.1, -0.05) is 41.9 Å². The molecule has 0 aliphatic rings. The number of anilines is 1. The molecule has 0 aromatic heterocycles. The number of quaternary nitrogens is 1. The number of nitrogens with two attached hydrogens (primary N) is 1. The molecule has 2 aromatic carbocycles. The Kier molecular flexibility index (Phi) is 6.45. The molecule has 0 spiro atoms. The van der Waals surface area contributed by atoms with Gasteiger partial charge < -0.3 is 10.6 Å². The zero-order valence-corrected chi connectivity index (χ0v) is 15.1. The molecule has 2 aromatic rings. The van der Waals surface area contributed by atoms with Gasteiger partial charge in [-0.25, -0.2) is 8.78 Å². The summed E-state index contributed by atoms with van der Waals surface area (Å²) in [4.78, 5) is 12.1. The molecule has 0 aliphatic carbocycles. The highest BCUT2D eigenvalue weighted by Crippen LogP contribution is 2.19. The van der Waals surface area contributed by atoms with E-state index in [0.29, 0.717) is 4.47 Å². The summed E-state index contributed by atoms with van der Waals surface area (Å²) in [6.07, 6.45) is 0. The third-order valence-corrected chi connectivity index (χ3v) is 4.23. The van der Waals surface area contributed by atoms with Crippen molar-refractivity contribution in [2.45, 2.75) is 19.9 Å². The monoisotopic (exact) mass is 397 g/mol. The Balaban J connectivity index is 1.98. The molecule has 0 radical (unpaired) electrons. The zero-order chi connectivity index (χ0) is 17.7. The number of carbonyl (C=O) groups is 1. The van der Waals surface area contributed by atoms with Crippen molar-refractivity contribution in [3.63, 3.8) is 0 Å². The quantitative estimate of drug-likeness (QED) is 0.767. The first-order valence-electron chi connectivity index (χ1n) is 7.70. The molecule has 1 amide bonds. The second-order valence-electron chi connectivity index (χ2n) is 5.93. The number of hydrogen-bond acceptors (Lipinski definition) is 1. The number of hydrogen-bond donors (Lipinski definition) is 2. The Hall–Kier alpha value is -1.79. The molecule has 3 nitrogen and oxygen atoms in total. The predicted molar refractivity (Wildman–Crippen MR) is 93.5 cm³/mol. The molecule has 24 heavy (non-hydrogen) atoms. The highest BCUT2D eigenvalue weighted by Gasteiger charge is 2.20. The van der Waals surface area contributed by atoms with Gasteiger partial charge in [-0.2, -0.15) is 0 Å². The van der Waals surface area contributed by atoms with E-state index in [1.54, 1.807) is 18.2 Å². The van der Waals surface area contributed by atoms with Crippen LogP contribution in [0.3, 0.4) is 0 Å². The molecule has 3 N–H and O–H groups in total. The largest absolute Gasteiger partial charge is 0.332 e. The first-order valence-corrected chi connectivity index (χ1v) is 8.50. The second-order valence-corrected chi connectivity index (χ2v) is 6.85. The van der Waals surface area contributed by atoms with Crippen molar-refractivity contribution in [1.29, 1.82) is 0 Å². The number of nitrogens with one attached hydrogen (secondary N) is 1. The maximum absolute atomic E-state index is 13.8. The lowest BCUT2D eigenvalue weighted by Gasteiger charge is -2.19. The first kappa shape index (κ1) is 18.5. The molecule has 0 aliphatic heterocycles. The normalized spacial score (nSPS) is 12.2. The van der Waals surface area contributed by atoms with Crippen molar-refractivity contribution < 1.29 is 18.9 Å². The Morgan fingerprint density at radius 2 is 1.83 bits per heavy atom. The highest BCUT2D eigenvalue weighted by atomic mass is 79.9. The van der Waals surface area contributed by atoms with Crippen LogP contribution in [0.15, 0.2) is 46.9 Å². The van der Waals surface area contributed by atoms with E-state index >= 15 is 0 Å². The van der Waals surface area contributed by atoms with Crippen molar-refractivity contribution in [3.8, 4) is 0 Å². The van der Waals surface area contributed by atoms with Crippen LogP contribution >= 0.6 is 15.9 Å². The summed E-state index contributed by atoms with van der Waals surface area (Å²) in [7, 11) is 0. The van der Waals surface area contributed by atoms with Crippen molar-refractivity contribution >= 4 is 27.5 Å². The van der Waals surface area contributed by atoms with E-state index in [1.807, 2.05) is 19.2 Å². The van der Waals surface area contributed by atoms with Gasteiger partial charge in [-0.15, -0.1) is 0 Å². The van der Waals surface area contributed by atoms with Crippen LogP contribution in [0.25, 0.3) is 0 Å². The number of benzene rings is 2. The molecule has 0 saturated carbocycles. The molecular weight excluding hydrogens is 378 g/mol. The molecule has 1 atom stereocenters. The van der Waals surface area contributed by atoms with Crippen LogP contribution < -0.4 is 10.6 Å². The summed E-state index contributed by atoms with van der Waals surface area (Å²) in [6, 6.07) is 10.8.